The number of rotatable bonds is 1. The van der Waals surface area contributed by atoms with Crippen molar-refractivity contribution >= 4 is 44.2 Å². The van der Waals surface area contributed by atoms with E-state index in [1.165, 1.54) is 11.3 Å². The lowest BCUT2D eigenvalue weighted by molar-refractivity contribution is 1.19. The fourth-order valence-electron chi connectivity index (χ4n) is 3.10. The Labute approximate surface area is 141 Å². The molecule has 114 valence electrons. The zero-order valence-electron chi connectivity index (χ0n) is 12.6. The van der Waals surface area contributed by atoms with Gasteiger partial charge in [0.25, 0.3) is 5.56 Å². The van der Waals surface area contributed by atoms with Crippen LogP contribution < -0.4 is 10.1 Å². The van der Waals surface area contributed by atoms with E-state index in [4.69, 9.17) is 4.98 Å². The molecule has 2 aromatic heterocycles. The van der Waals surface area contributed by atoms with Gasteiger partial charge in [0.15, 0.2) is 4.96 Å². The number of aromatic nitrogens is 2. The van der Waals surface area contributed by atoms with E-state index < -0.39 is 0 Å². The first kappa shape index (κ1) is 13.5. The molecule has 0 unspecified atom stereocenters. The van der Waals surface area contributed by atoms with Crippen LogP contribution in [0.5, 0.6) is 0 Å². The summed E-state index contributed by atoms with van der Waals surface area (Å²) < 4.78 is 2.43. The molecule has 0 saturated carbocycles. The first-order valence-electron chi connectivity index (χ1n) is 7.71. The topological polar surface area (TPSA) is 34.4 Å². The molecule has 0 saturated heterocycles. The van der Waals surface area contributed by atoms with Crippen LogP contribution in [0.25, 0.3) is 32.8 Å². The maximum Gasteiger partial charge on any atom is 0.274 e. The molecule has 0 aliphatic rings. The fourth-order valence-corrected chi connectivity index (χ4v) is 4.08. The van der Waals surface area contributed by atoms with E-state index in [9.17, 15) is 4.79 Å². The van der Waals surface area contributed by atoms with Gasteiger partial charge in [0.1, 0.15) is 0 Å². The number of hydrogen-bond acceptors (Lipinski definition) is 3. The van der Waals surface area contributed by atoms with Gasteiger partial charge in [0, 0.05) is 5.39 Å². The van der Waals surface area contributed by atoms with Crippen molar-refractivity contribution in [3.05, 3.63) is 87.2 Å². The van der Waals surface area contributed by atoms with E-state index in [0.717, 1.165) is 32.3 Å². The summed E-state index contributed by atoms with van der Waals surface area (Å²) in [5.74, 6) is 0. The van der Waals surface area contributed by atoms with Gasteiger partial charge in [-0.2, -0.15) is 0 Å². The predicted molar refractivity (Wildman–Crippen MR) is 99.6 cm³/mol. The van der Waals surface area contributed by atoms with Gasteiger partial charge in [-0.3, -0.25) is 4.79 Å². The van der Waals surface area contributed by atoms with E-state index in [1.807, 2.05) is 60.7 Å². The van der Waals surface area contributed by atoms with Crippen molar-refractivity contribution in [3.8, 4) is 0 Å². The van der Waals surface area contributed by atoms with Gasteiger partial charge < -0.3 is 0 Å². The van der Waals surface area contributed by atoms with Crippen molar-refractivity contribution in [2.24, 2.45) is 0 Å². The van der Waals surface area contributed by atoms with Crippen LogP contribution in [0.15, 0.2) is 71.5 Å². The quantitative estimate of drug-likeness (QED) is 0.471. The second-order valence-electron chi connectivity index (χ2n) is 5.71. The van der Waals surface area contributed by atoms with Crippen LogP contribution in [-0.2, 0) is 0 Å². The van der Waals surface area contributed by atoms with Crippen LogP contribution in [0.1, 0.15) is 5.56 Å². The molecule has 0 aliphatic carbocycles. The highest BCUT2D eigenvalue weighted by molar-refractivity contribution is 7.15. The van der Waals surface area contributed by atoms with Crippen LogP contribution in [0, 0.1) is 0 Å². The number of hydrogen-bond donors (Lipinski definition) is 0. The Morgan fingerprint density at radius 1 is 0.917 bits per heavy atom. The van der Waals surface area contributed by atoms with Gasteiger partial charge in [-0.1, -0.05) is 72.0 Å². The molecule has 0 amide bonds. The molecule has 0 bridgehead atoms. The zero-order valence-corrected chi connectivity index (χ0v) is 13.5. The Morgan fingerprint density at radius 3 is 2.58 bits per heavy atom. The molecule has 3 aromatic carbocycles. The third-order valence-electron chi connectivity index (χ3n) is 4.23. The van der Waals surface area contributed by atoms with Crippen LogP contribution in [0.3, 0.4) is 0 Å². The molecule has 0 aliphatic heterocycles. The Kier molecular flexibility index (Phi) is 2.81. The normalized spacial score (nSPS) is 12.6. The molecule has 24 heavy (non-hydrogen) atoms. The number of nitrogens with zero attached hydrogens (tertiary/aromatic N) is 2. The van der Waals surface area contributed by atoms with Crippen molar-refractivity contribution in [3.63, 3.8) is 0 Å². The summed E-state index contributed by atoms with van der Waals surface area (Å²) in [6, 6.07) is 22.1. The molecule has 2 heterocycles. The third-order valence-corrected chi connectivity index (χ3v) is 5.20. The lowest BCUT2D eigenvalue weighted by atomic mass is 10.1. The molecule has 5 aromatic rings. The summed E-state index contributed by atoms with van der Waals surface area (Å²) in [5.41, 5.74) is 2.78. The third kappa shape index (κ3) is 1.90. The maximum absolute atomic E-state index is 12.8. The van der Waals surface area contributed by atoms with Gasteiger partial charge in [0.05, 0.1) is 15.6 Å². The molecule has 0 spiro atoms. The molecule has 5 rings (SSSR count). The molecular weight excluding hydrogens is 316 g/mol. The molecule has 0 N–H and O–H groups in total. The Bertz CT molecular complexity index is 1320. The first-order valence-corrected chi connectivity index (χ1v) is 8.52. The van der Waals surface area contributed by atoms with Crippen molar-refractivity contribution in [2.45, 2.75) is 0 Å². The van der Waals surface area contributed by atoms with Crippen LogP contribution in [0.2, 0.25) is 0 Å². The molecule has 4 heteroatoms. The van der Waals surface area contributed by atoms with Crippen LogP contribution >= 0.6 is 11.3 Å². The van der Waals surface area contributed by atoms with E-state index in [0.29, 0.717) is 4.53 Å². The summed E-state index contributed by atoms with van der Waals surface area (Å²) in [6.07, 6.45) is 1.93. The van der Waals surface area contributed by atoms with Crippen LogP contribution in [-0.4, -0.2) is 9.38 Å². The first-order chi connectivity index (χ1) is 11.8. The van der Waals surface area contributed by atoms with E-state index >= 15 is 0 Å². The van der Waals surface area contributed by atoms with Gasteiger partial charge >= 0.3 is 0 Å². The van der Waals surface area contributed by atoms with E-state index in [2.05, 4.69) is 12.1 Å². The number of benzene rings is 3. The van der Waals surface area contributed by atoms with Crippen LogP contribution in [0.4, 0.5) is 0 Å². The Hall–Kier alpha value is -2.98. The fraction of sp³-hybridized carbons (Fsp3) is 0. The van der Waals surface area contributed by atoms with E-state index in [-0.39, 0.29) is 5.56 Å². The minimum atomic E-state index is -0.00312. The van der Waals surface area contributed by atoms with Crippen molar-refractivity contribution < 1.29 is 0 Å². The summed E-state index contributed by atoms with van der Waals surface area (Å²) in [5, 5.41) is 2.22. The van der Waals surface area contributed by atoms with Gasteiger partial charge in [-0.15, -0.1) is 0 Å². The lowest BCUT2D eigenvalue weighted by Crippen LogP contribution is -2.22. The smallest absolute Gasteiger partial charge is 0.267 e. The summed E-state index contributed by atoms with van der Waals surface area (Å²) in [6.45, 7) is 0. The maximum atomic E-state index is 12.8. The molecule has 0 radical (unpaired) electrons. The predicted octanol–water partition coefficient (Wildman–Crippen LogP) is 3.61. The Morgan fingerprint density at radius 2 is 1.71 bits per heavy atom. The summed E-state index contributed by atoms with van der Waals surface area (Å²) in [4.78, 5) is 18.3. The molecule has 3 nitrogen and oxygen atoms in total. The van der Waals surface area contributed by atoms with Crippen molar-refractivity contribution in [1.29, 1.82) is 0 Å². The SMILES string of the molecule is O=c1/c(=C\c2ccccc2)sc2nc3c4ccccc4ccc3n12. The monoisotopic (exact) mass is 328 g/mol. The van der Waals surface area contributed by atoms with Gasteiger partial charge in [0.2, 0.25) is 0 Å². The van der Waals surface area contributed by atoms with Crippen molar-refractivity contribution in [2.75, 3.05) is 0 Å². The molecular formula is C20H12N2OS. The van der Waals surface area contributed by atoms with E-state index in [1.54, 1.807) is 4.40 Å². The molecule has 0 fully saturated rings. The summed E-state index contributed by atoms with van der Waals surface area (Å²) in [7, 11) is 0. The lowest BCUT2D eigenvalue weighted by Gasteiger charge is -1.97. The van der Waals surface area contributed by atoms with Crippen molar-refractivity contribution in [1.82, 2.24) is 9.38 Å². The highest BCUT2D eigenvalue weighted by atomic mass is 32.1. The summed E-state index contributed by atoms with van der Waals surface area (Å²) >= 11 is 1.44. The number of imidazole rings is 1. The minimum Gasteiger partial charge on any atom is -0.267 e. The second-order valence-corrected chi connectivity index (χ2v) is 6.72. The molecule has 0 atom stereocenters. The highest BCUT2D eigenvalue weighted by Crippen LogP contribution is 2.25. The zero-order chi connectivity index (χ0) is 16.1. The number of fused-ring (bicyclic) bond motifs is 5. The highest BCUT2D eigenvalue weighted by Gasteiger charge is 2.13. The minimum absolute atomic E-state index is 0.00312. The van der Waals surface area contributed by atoms with Gasteiger partial charge in [-0.25, -0.2) is 9.38 Å². The number of thiazole rings is 1. The Balaban J connectivity index is 1.86. The average molecular weight is 328 g/mol. The van der Waals surface area contributed by atoms with Gasteiger partial charge in [-0.05, 0) is 23.1 Å². The standard InChI is InChI=1S/C20H12N2OS/c23-19-17(12-13-6-2-1-3-7-13)24-20-21-18-15-9-5-4-8-14(15)10-11-16(18)22(19)20/h1-12H/b17-12+. The average Bonchev–Trinajstić information content (AvgIpc) is 3.13. The second kappa shape index (κ2) is 5.01. The largest absolute Gasteiger partial charge is 0.274 e.